The van der Waals surface area contributed by atoms with Crippen molar-refractivity contribution in [2.75, 3.05) is 19.5 Å². The van der Waals surface area contributed by atoms with Crippen LogP contribution in [0.1, 0.15) is 43.2 Å². The van der Waals surface area contributed by atoms with E-state index in [9.17, 15) is 0 Å². The van der Waals surface area contributed by atoms with Gasteiger partial charge in [0.2, 0.25) is 0 Å². The summed E-state index contributed by atoms with van der Waals surface area (Å²) >= 11 is 0. The van der Waals surface area contributed by atoms with Gasteiger partial charge in [-0.25, -0.2) is 0 Å². The topological polar surface area (TPSA) is 21.3 Å². The van der Waals surface area contributed by atoms with Crippen LogP contribution < -0.4 is 10.1 Å². The third-order valence-electron chi connectivity index (χ3n) is 3.59. The Balaban J connectivity index is 2.47. The van der Waals surface area contributed by atoms with Gasteiger partial charge in [0.05, 0.1) is 12.8 Å². The van der Waals surface area contributed by atoms with Crippen molar-refractivity contribution in [2.45, 2.75) is 38.5 Å². The van der Waals surface area contributed by atoms with Crippen molar-refractivity contribution in [3.63, 3.8) is 0 Å². The summed E-state index contributed by atoms with van der Waals surface area (Å²) in [7, 11) is 3.69. The van der Waals surface area contributed by atoms with Gasteiger partial charge in [-0.3, -0.25) is 0 Å². The number of nitrogens with one attached hydrogen (secondary N) is 1. The van der Waals surface area contributed by atoms with E-state index < -0.39 is 0 Å². The minimum absolute atomic E-state index is 0.676. The molecule has 0 aromatic heterocycles. The van der Waals surface area contributed by atoms with Crippen molar-refractivity contribution >= 4 is 5.69 Å². The summed E-state index contributed by atoms with van der Waals surface area (Å²) < 4.78 is 5.42. The van der Waals surface area contributed by atoms with Crippen molar-refractivity contribution in [2.24, 2.45) is 0 Å². The zero-order chi connectivity index (χ0) is 11.5. The van der Waals surface area contributed by atoms with E-state index in [1.54, 1.807) is 7.11 Å². The minimum Gasteiger partial charge on any atom is -0.495 e. The van der Waals surface area contributed by atoms with Crippen LogP contribution >= 0.6 is 0 Å². The zero-order valence-electron chi connectivity index (χ0n) is 10.5. The van der Waals surface area contributed by atoms with E-state index in [1.165, 1.54) is 36.8 Å². The molecule has 0 saturated carbocycles. The van der Waals surface area contributed by atoms with E-state index >= 15 is 0 Å². The molecule has 0 bridgehead atoms. The molecule has 2 rings (SSSR count). The molecule has 0 amide bonds. The second-order valence-electron chi connectivity index (χ2n) is 4.65. The highest BCUT2D eigenvalue weighted by molar-refractivity contribution is 5.60. The Labute approximate surface area is 98.0 Å². The van der Waals surface area contributed by atoms with Crippen molar-refractivity contribution in [1.29, 1.82) is 0 Å². The smallest absolute Gasteiger partial charge is 0.142 e. The zero-order valence-corrected chi connectivity index (χ0v) is 10.5. The lowest BCUT2D eigenvalue weighted by atomic mass is 9.93. The first kappa shape index (κ1) is 11.3. The lowest BCUT2D eigenvalue weighted by molar-refractivity contribution is 0.416. The monoisotopic (exact) mass is 219 g/mol. The molecule has 1 N–H and O–H groups in total. The summed E-state index contributed by atoms with van der Waals surface area (Å²) in [4.78, 5) is 0. The Morgan fingerprint density at radius 2 is 2.12 bits per heavy atom. The maximum atomic E-state index is 5.42. The maximum Gasteiger partial charge on any atom is 0.142 e. The number of rotatable bonds is 2. The van der Waals surface area contributed by atoms with Crippen molar-refractivity contribution < 1.29 is 4.74 Å². The first-order valence-electron chi connectivity index (χ1n) is 6.14. The number of benzene rings is 1. The Hall–Kier alpha value is -1.18. The molecule has 1 aromatic carbocycles. The van der Waals surface area contributed by atoms with Crippen molar-refractivity contribution in [3.05, 3.63) is 23.3 Å². The largest absolute Gasteiger partial charge is 0.495 e. The predicted molar refractivity (Wildman–Crippen MR) is 68.5 cm³/mol. The predicted octanol–water partition coefficient (Wildman–Crippen LogP) is 3.57. The minimum atomic E-state index is 0.676. The van der Waals surface area contributed by atoms with Gasteiger partial charge in [-0.1, -0.05) is 13.3 Å². The molecule has 1 atom stereocenters. The Bertz CT molecular complexity index is 373. The van der Waals surface area contributed by atoms with Crippen LogP contribution in [0.4, 0.5) is 5.69 Å². The summed E-state index contributed by atoms with van der Waals surface area (Å²) in [5.74, 6) is 1.64. The number of anilines is 1. The molecule has 1 unspecified atom stereocenters. The summed E-state index contributed by atoms with van der Waals surface area (Å²) in [5, 5.41) is 3.21. The van der Waals surface area contributed by atoms with E-state index in [0.29, 0.717) is 5.92 Å². The first-order valence-corrected chi connectivity index (χ1v) is 6.14. The van der Waals surface area contributed by atoms with E-state index in [4.69, 9.17) is 4.74 Å². The lowest BCUT2D eigenvalue weighted by Crippen LogP contribution is -2.01. The summed E-state index contributed by atoms with van der Waals surface area (Å²) in [6.07, 6.45) is 5.15. The van der Waals surface area contributed by atoms with Crippen LogP contribution in [0, 0.1) is 0 Å². The van der Waals surface area contributed by atoms with Crippen LogP contribution in [0.15, 0.2) is 12.1 Å². The highest BCUT2D eigenvalue weighted by atomic mass is 16.5. The van der Waals surface area contributed by atoms with Gasteiger partial charge in [0, 0.05) is 7.05 Å². The van der Waals surface area contributed by atoms with Gasteiger partial charge >= 0.3 is 0 Å². The van der Waals surface area contributed by atoms with Crippen LogP contribution in [-0.2, 0) is 6.42 Å². The Kier molecular flexibility index (Phi) is 3.37. The third kappa shape index (κ3) is 2.01. The fourth-order valence-electron chi connectivity index (χ4n) is 2.60. The number of ether oxygens (including phenoxy) is 1. The van der Waals surface area contributed by atoms with Gasteiger partial charge in [0.1, 0.15) is 5.75 Å². The average molecular weight is 219 g/mol. The Morgan fingerprint density at radius 1 is 1.31 bits per heavy atom. The number of hydrogen-bond acceptors (Lipinski definition) is 2. The highest BCUT2D eigenvalue weighted by Gasteiger charge is 2.17. The van der Waals surface area contributed by atoms with Gasteiger partial charge in [-0.05, 0) is 48.4 Å². The van der Waals surface area contributed by atoms with Crippen molar-refractivity contribution in [3.8, 4) is 5.75 Å². The van der Waals surface area contributed by atoms with Gasteiger partial charge in [-0.2, -0.15) is 0 Å². The van der Waals surface area contributed by atoms with Gasteiger partial charge in [0.25, 0.3) is 0 Å². The van der Waals surface area contributed by atoms with Crippen LogP contribution in [-0.4, -0.2) is 14.2 Å². The number of methoxy groups -OCH3 is 1. The second-order valence-corrected chi connectivity index (χ2v) is 4.65. The first-order chi connectivity index (χ1) is 7.76. The van der Waals surface area contributed by atoms with Crippen LogP contribution in [0.2, 0.25) is 0 Å². The Morgan fingerprint density at radius 3 is 2.81 bits per heavy atom. The molecule has 0 fully saturated rings. The molecule has 0 aliphatic heterocycles. The molecule has 16 heavy (non-hydrogen) atoms. The molecule has 1 aliphatic carbocycles. The SMILES string of the molecule is CNc1cc2c(cc1OC)CCCCC2C. The number of fused-ring (bicyclic) bond motifs is 1. The summed E-state index contributed by atoms with van der Waals surface area (Å²) in [5.41, 5.74) is 4.08. The highest BCUT2D eigenvalue weighted by Crippen LogP contribution is 2.36. The number of hydrogen-bond donors (Lipinski definition) is 1. The molecular weight excluding hydrogens is 198 g/mol. The van der Waals surface area contributed by atoms with Gasteiger partial charge in [0.15, 0.2) is 0 Å². The number of aryl methyl sites for hydroxylation is 1. The van der Waals surface area contributed by atoms with Crippen LogP contribution in [0.3, 0.4) is 0 Å². The fraction of sp³-hybridized carbons (Fsp3) is 0.571. The third-order valence-corrected chi connectivity index (χ3v) is 3.59. The molecule has 2 nitrogen and oxygen atoms in total. The van der Waals surface area contributed by atoms with Crippen LogP contribution in [0.25, 0.3) is 0 Å². The maximum absolute atomic E-state index is 5.42. The molecule has 1 aromatic rings. The molecule has 1 aliphatic rings. The second kappa shape index (κ2) is 4.77. The molecule has 0 heterocycles. The van der Waals surface area contributed by atoms with E-state index in [-0.39, 0.29) is 0 Å². The van der Waals surface area contributed by atoms with Crippen molar-refractivity contribution in [1.82, 2.24) is 0 Å². The van der Waals surface area contributed by atoms with Gasteiger partial charge in [-0.15, -0.1) is 0 Å². The molecular formula is C14H21NO. The molecule has 2 heteroatoms. The average Bonchev–Trinajstić information content (AvgIpc) is 2.49. The fourth-order valence-corrected chi connectivity index (χ4v) is 2.60. The standard InChI is InChI=1S/C14H21NO/c1-10-6-4-5-7-11-8-14(16-3)13(15-2)9-12(10)11/h8-10,15H,4-7H2,1-3H3. The molecule has 0 spiro atoms. The lowest BCUT2D eigenvalue weighted by Gasteiger charge is -2.17. The molecule has 0 radical (unpaired) electrons. The molecule has 88 valence electrons. The molecule has 0 saturated heterocycles. The quantitative estimate of drug-likeness (QED) is 0.768. The normalized spacial score (nSPS) is 19.8. The van der Waals surface area contributed by atoms with E-state index in [0.717, 1.165) is 11.4 Å². The van der Waals surface area contributed by atoms with E-state index in [2.05, 4.69) is 24.4 Å². The summed E-state index contributed by atoms with van der Waals surface area (Å²) in [6.45, 7) is 2.33. The summed E-state index contributed by atoms with van der Waals surface area (Å²) in [6, 6.07) is 4.48. The van der Waals surface area contributed by atoms with E-state index in [1.807, 2.05) is 7.05 Å². The van der Waals surface area contributed by atoms with Gasteiger partial charge < -0.3 is 10.1 Å². The van der Waals surface area contributed by atoms with Crippen LogP contribution in [0.5, 0.6) is 5.75 Å².